The predicted molar refractivity (Wildman–Crippen MR) is 95.2 cm³/mol. The number of carbonyl (C=O) groups is 2. The SMILES string of the molecule is CNC(=O)c1cccc(C)n1.CNC(=O)c1cccc(C)n1.O=S(=O)([O-])[O-].[Zn+2]. The molecule has 0 bridgehead atoms. The zero-order chi connectivity index (χ0) is 21.0. The van der Waals surface area contributed by atoms with E-state index in [1.54, 1.807) is 26.2 Å². The van der Waals surface area contributed by atoms with Crippen LogP contribution in [0.3, 0.4) is 0 Å². The summed E-state index contributed by atoms with van der Waals surface area (Å²) in [6, 6.07) is 10.7. The second kappa shape index (κ2) is 13.8. The van der Waals surface area contributed by atoms with Crippen LogP contribution >= 0.6 is 0 Å². The molecule has 0 saturated heterocycles. The van der Waals surface area contributed by atoms with Crippen molar-refractivity contribution in [3.05, 3.63) is 59.2 Å². The van der Waals surface area contributed by atoms with Crippen molar-refractivity contribution in [3.63, 3.8) is 0 Å². The van der Waals surface area contributed by atoms with Crippen LogP contribution in [0.4, 0.5) is 0 Å². The van der Waals surface area contributed by atoms with Crippen molar-refractivity contribution in [2.24, 2.45) is 0 Å². The average Bonchev–Trinajstić information content (AvgIpc) is 2.59. The number of carbonyl (C=O) groups excluding carboxylic acids is 2. The maximum atomic E-state index is 11.0. The van der Waals surface area contributed by atoms with Crippen LogP contribution < -0.4 is 10.6 Å². The summed E-state index contributed by atoms with van der Waals surface area (Å²) in [5, 5.41) is 5.01. The number of rotatable bonds is 2. The molecule has 0 unspecified atom stereocenters. The Hall–Kier alpha value is -2.27. The van der Waals surface area contributed by atoms with Crippen molar-refractivity contribution in [2.45, 2.75) is 13.8 Å². The first-order valence-electron chi connectivity index (χ1n) is 7.46. The number of aryl methyl sites for hydroxylation is 2. The first-order valence-corrected chi connectivity index (χ1v) is 8.79. The molecule has 2 aromatic rings. The normalized spacial score (nSPS) is 9.36. The molecule has 0 aromatic carbocycles. The van der Waals surface area contributed by atoms with Crippen molar-refractivity contribution >= 4 is 22.2 Å². The van der Waals surface area contributed by atoms with E-state index in [9.17, 15) is 9.59 Å². The number of hydrogen-bond donors (Lipinski definition) is 2. The zero-order valence-electron chi connectivity index (χ0n) is 15.9. The van der Waals surface area contributed by atoms with Gasteiger partial charge in [-0.05, 0) is 38.1 Å². The summed E-state index contributed by atoms with van der Waals surface area (Å²) >= 11 is 0. The molecule has 10 nitrogen and oxygen atoms in total. The van der Waals surface area contributed by atoms with Crippen LogP contribution in [0.2, 0.25) is 0 Å². The second-order valence-corrected chi connectivity index (χ2v) is 5.71. The Kier molecular flexibility index (Phi) is 13.8. The van der Waals surface area contributed by atoms with E-state index in [2.05, 4.69) is 20.6 Å². The van der Waals surface area contributed by atoms with Gasteiger partial charge >= 0.3 is 19.5 Å². The molecule has 0 fully saturated rings. The van der Waals surface area contributed by atoms with Gasteiger partial charge in [-0.15, -0.1) is 0 Å². The summed E-state index contributed by atoms with van der Waals surface area (Å²) in [6.07, 6.45) is 0. The van der Waals surface area contributed by atoms with Gasteiger partial charge in [-0.3, -0.25) is 18.0 Å². The van der Waals surface area contributed by atoms with E-state index in [4.69, 9.17) is 17.5 Å². The Morgan fingerprint density at radius 1 is 0.821 bits per heavy atom. The number of nitrogens with zero attached hydrogens (tertiary/aromatic N) is 2. The smallest absolute Gasteiger partial charge is 0.759 e. The van der Waals surface area contributed by atoms with Crippen molar-refractivity contribution in [2.75, 3.05) is 14.1 Å². The van der Waals surface area contributed by atoms with E-state index < -0.39 is 10.4 Å². The van der Waals surface area contributed by atoms with Crippen molar-refractivity contribution < 1.29 is 46.6 Å². The maximum absolute atomic E-state index is 11.0. The van der Waals surface area contributed by atoms with E-state index in [-0.39, 0.29) is 31.3 Å². The third kappa shape index (κ3) is 13.9. The molecule has 0 atom stereocenters. The first-order chi connectivity index (χ1) is 12.5. The van der Waals surface area contributed by atoms with E-state index in [0.29, 0.717) is 11.4 Å². The number of pyridine rings is 2. The van der Waals surface area contributed by atoms with Gasteiger partial charge in [0.1, 0.15) is 11.4 Å². The molecular formula is C16H20N4O6SZn. The molecule has 2 heterocycles. The Morgan fingerprint density at radius 3 is 1.32 bits per heavy atom. The summed E-state index contributed by atoms with van der Waals surface area (Å²) in [5.74, 6) is -0.289. The van der Waals surface area contributed by atoms with Gasteiger partial charge in [0, 0.05) is 35.9 Å². The summed E-state index contributed by atoms with van der Waals surface area (Å²) in [4.78, 5) is 30.0. The number of amides is 2. The average molecular weight is 462 g/mol. The van der Waals surface area contributed by atoms with Gasteiger partial charge in [-0.2, -0.15) is 0 Å². The molecule has 12 heteroatoms. The standard InChI is InChI=1S/2C8H10N2O.H2O4S.Zn/c2*1-6-4-3-5-7(10-6)8(11)9-2;1-5(2,3)4;/h2*3-5H,1-2H3,(H,9,11);(H2,1,2,3,4);/q;;;+2/p-2. The summed E-state index contributed by atoms with van der Waals surface area (Å²) in [7, 11) is -1.99. The molecule has 2 amide bonds. The van der Waals surface area contributed by atoms with Crippen molar-refractivity contribution in [3.8, 4) is 0 Å². The Balaban J connectivity index is 0. The quantitative estimate of drug-likeness (QED) is 0.362. The predicted octanol–water partition coefficient (Wildman–Crippen LogP) is 0.159. The minimum absolute atomic E-state index is 0. The van der Waals surface area contributed by atoms with Gasteiger partial charge < -0.3 is 19.7 Å². The van der Waals surface area contributed by atoms with Gasteiger partial charge in [0.25, 0.3) is 11.8 Å². The molecule has 148 valence electrons. The molecule has 0 aliphatic carbocycles. The summed E-state index contributed by atoms with van der Waals surface area (Å²) in [6.45, 7) is 3.71. The van der Waals surface area contributed by atoms with E-state index in [0.717, 1.165) is 11.4 Å². The number of nitrogens with one attached hydrogen (secondary N) is 2. The van der Waals surface area contributed by atoms with Crippen LogP contribution in [-0.2, 0) is 29.9 Å². The Bertz CT molecular complexity index is 811. The molecule has 2 aromatic heterocycles. The maximum Gasteiger partial charge on any atom is 2.00 e. The van der Waals surface area contributed by atoms with Crippen LogP contribution in [-0.4, -0.2) is 53.4 Å². The third-order valence-corrected chi connectivity index (χ3v) is 2.70. The molecule has 2 N–H and O–H groups in total. The molecule has 0 aliphatic heterocycles. The largest absolute Gasteiger partial charge is 2.00 e. The molecule has 0 saturated carbocycles. The summed E-state index contributed by atoms with van der Waals surface area (Å²) in [5.41, 5.74) is 2.64. The third-order valence-electron chi connectivity index (χ3n) is 2.70. The van der Waals surface area contributed by atoms with Gasteiger partial charge in [0.05, 0.1) is 0 Å². The Morgan fingerprint density at radius 2 is 1.11 bits per heavy atom. The fraction of sp³-hybridized carbons (Fsp3) is 0.250. The van der Waals surface area contributed by atoms with Gasteiger partial charge in [0.15, 0.2) is 0 Å². The van der Waals surface area contributed by atoms with Crippen LogP contribution in [0, 0.1) is 13.8 Å². The molecule has 2 rings (SSSR count). The van der Waals surface area contributed by atoms with E-state index in [1.807, 2.05) is 38.1 Å². The molecule has 0 spiro atoms. The van der Waals surface area contributed by atoms with E-state index >= 15 is 0 Å². The van der Waals surface area contributed by atoms with Crippen LogP contribution in [0.25, 0.3) is 0 Å². The van der Waals surface area contributed by atoms with Gasteiger partial charge in [-0.25, -0.2) is 9.97 Å². The first kappa shape index (κ1) is 27.9. The molecule has 0 radical (unpaired) electrons. The second-order valence-electron chi connectivity index (χ2n) is 4.89. The molecular weight excluding hydrogens is 442 g/mol. The Labute approximate surface area is 176 Å². The number of hydrogen-bond acceptors (Lipinski definition) is 8. The van der Waals surface area contributed by atoms with Gasteiger partial charge in [-0.1, -0.05) is 12.1 Å². The minimum atomic E-state index is -5.17. The minimum Gasteiger partial charge on any atom is -0.759 e. The van der Waals surface area contributed by atoms with Crippen LogP contribution in [0.5, 0.6) is 0 Å². The van der Waals surface area contributed by atoms with Crippen molar-refractivity contribution in [1.29, 1.82) is 0 Å². The topological polar surface area (TPSA) is 164 Å². The molecule has 0 aliphatic rings. The zero-order valence-corrected chi connectivity index (χ0v) is 19.7. The van der Waals surface area contributed by atoms with E-state index in [1.165, 1.54) is 0 Å². The van der Waals surface area contributed by atoms with Crippen LogP contribution in [0.15, 0.2) is 36.4 Å². The fourth-order valence-electron chi connectivity index (χ4n) is 1.60. The summed E-state index contributed by atoms with van der Waals surface area (Å²) < 4.78 is 34.1. The monoisotopic (exact) mass is 460 g/mol. The van der Waals surface area contributed by atoms with Crippen LogP contribution in [0.1, 0.15) is 32.4 Å². The molecule has 28 heavy (non-hydrogen) atoms. The van der Waals surface area contributed by atoms with Crippen molar-refractivity contribution in [1.82, 2.24) is 20.6 Å². The van der Waals surface area contributed by atoms with Gasteiger partial charge in [0.2, 0.25) is 0 Å². The number of aromatic nitrogens is 2. The fourth-order valence-corrected chi connectivity index (χ4v) is 1.60.